The lowest BCUT2D eigenvalue weighted by Gasteiger charge is -2.24. The smallest absolute Gasteiger partial charge is 0.0801 e. The third-order valence-corrected chi connectivity index (χ3v) is 1.89. The molecular formula is C7H15N3. The van der Waals surface area contributed by atoms with E-state index in [2.05, 4.69) is 17.2 Å². The van der Waals surface area contributed by atoms with Crippen molar-refractivity contribution >= 4 is 6.34 Å². The maximum atomic E-state index is 5.19. The molecule has 10 heavy (non-hydrogen) atoms. The Balaban J connectivity index is 2.32. The predicted molar refractivity (Wildman–Crippen MR) is 43.2 cm³/mol. The minimum Gasteiger partial charge on any atom is -0.390 e. The molecule has 58 valence electrons. The summed E-state index contributed by atoms with van der Waals surface area (Å²) >= 11 is 0. The highest BCUT2D eigenvalue weighted by atomic mass is 15.0. The summed E-state index contributed by atoms with van der Waals surface area (Å²) < 4.78 is 0. The Labute approximate surface area is 61.7 Å². The molecule has 0 saturated carbocycles. The van der Waals surface area contributed by atoms with Gasteiger partial charge in [0, 0.05) is 6.04 Å². The van der Waals surface area contributed by atoms with Crippen LogP contribution in [0.5, 0.6) is 0 Å². The van der Waals surface area contributed by atoms with Crippen LogP contribution in [0.15, 0.2) is 4.99 Å². The molecule has 0 aromatic heterocycles. The molecule has 1 heterocycles. The van der Waals surface area contributed by atoms with Crippen molar-refractivity contribution < 1.29 is 0 Å². The van der Waals surface area contributed by atoms with Gasteiger partial charge >= 0.3 is 0 Å². The zero-order chi connectivity index (χ0) is 7.40. The number of nitrogens with two attached hydrogens (primary N) is 1. The number of hydrogen-bond acceptors (Lipinski definition) is 2. The third-order valence-electron chi connectivity index (χ3n) is 1.89. The Morgan fingerprint density at radius 3 is 3.10 bits per heavy atom. The summed E-state index contributed by atoms with van der Waals surface area (Å²) in [4.78, 5) is 4.15. The van der Waals surface area contributed by atoms with E-state index >= 15 is 0 Å². The van der Waals surface area contributed by atoms with Gasteiger partial charge in [-0.25, -0.2) is 0 Å². The van der Waals surface area contributed by atoms with Gasteiger partial charge in [-0.3, -0.25) is 4.99 Å². The molecule has 1 fully saturated rings. The highest BCUT2D eigenvalue weighted by molar-refractivity contribution is 5.51. The normalized spacial score (nSPS) is 34.9. The van der Waals surface area contributed by atoms with Crippen LogP contribution in [-0.4, -0.2) is 25.0 Å². The SMILES string of the molecule is C[C@@H]1C[C@@H](N=CN)CCN1. The second kappa shape index (κ2) is 3.56. The monoisotopic (exact) mass is 141 g/mol. The lowest BCUT2D eigenvalue weighted by Crippen LogP contribution is -2.37. The Kier molecular flexibility index (Phi) is 2.68. The fourth-order valence-electron chi connectivity index (χ4n) is 1.36. The van der Waals surface area contributed by atoms with Crippen molar-refractivity contribution in [1.29, 1.82) is 0 Å². The molecule has 3 nitrogen and oxygen atoms in total. The average molecular weight is 141 g/mol. The van der Waals surface area contributed by atoms with Gasteiger partial charge in [-0.2, -0.15) is 0 Å². The van der Waals surface area contributed by atoms with E-state index in [0.29, 0.717) is 12.1 Å². The van der Waals surface area contributed by atoms with Crippen molar-refractivity contribution in [2.75, 3.05) is 6.54 Å². The first-order chi connectivity index (χ1) is 4.83. The summed E-state index contributed by atoms with van der Waals surface area (Å²) in [6.07, 6.45) is 3.66. The molecule has 3 N–H and O–H groups in total. The van der Waals surface area contributed by atoms with Gasteiger partial charge in [-0.05, 0) is 26.3 Å². The number of nitrogens with one attached hydrogen (secondary N) is 1. The summed E-state index contributed by atoms with van der Waals surface area (Å²) in [6.45, 7) is 3.25. The van der Waals surface area contributed by atoms with Crippen molar-refractivity contribution in [2.24, 2.45) is 10.7 Å². The predicted octanol–water partition coefficient (Wildman–Crippen LogP) is 0.114. The summed E-state index contributed by atoms with van der Waals surface area (Å²) in [5, 5.41) is 3.36. The molecule has 0 bridgehead atoms. The molecule has 1 saturated heterocycles. The van der Waals surface area contributed by atoms with Crippen molar-refractivity contribution in [3.05, 3.63) is 0 Å². The van der Waals surface area contributed by atoms with Gasteiger partial charge in [0.25, 0.3) is 0 Å². The molecule has 1 rings (SSSR count). The standard InChI is InChI=1S/C7H15N3/c1-6-4-7(10-5-8)2-3-9-6/h5-7,9H,2-4H2,1H3,(H2,8,10)/t6-,7+/m1/s1. The van der Waals surface area contributed by atoms with Gasteiger partial charge in [0.1, 0.15) is 0 Å². The lowest BCUT2D eigenvalue weighted by molar-refractivity contribution is 0.383. The van der Waals surface area contributed by atoms with Crippen LogP contribution in [0.2, 0.25) is 0 Å². The van der Waals surface area contributed by atoms with E-state index in [4.69, 9.17) is 5.73 Å². The molecule has 1 aliphatic rings. The van der Waals surface area contributed by atoms with Gasteiger partial charge in [-0.1, -0.05) is 0 Å². The van der Waals surface area contributed by atoms with Crippen molar-refractivity contribution in [2.45, 2.75) is 31.8 Å². The number of rotatable bonds is 1. The van der Waals surface area contributed by atoms with Crippen molar-refractivity contribution in [1.82, 2.24) is 5.32 Å². The second-order valence-corrected chi connectivity index (χ2v) is 2.83. The summed E-state index contributed by atoms with van der Waals surface area (Å²) in [7, 11) is 0. The number of piperidine rings is 1. The Bertz CT molecular complexity index is 122. The van der Waals surface area contributed by atoms with E-state index in [1.807, 2.05) is 0 Å². The van der Waals surface area contributed by atoms with Gasteiger partial charge in [0.15, 0.2) is 0 Å². The Morgan fingerprint density at radius 2 is 2.50 bits per heavy atom. The van der Waals surface area contributed by atoms with Gasteiger partial charge < -0.3 is 11.1 Å². The van der Waals surface area contributed by atoms with Crippen molar-refractivity contribution in [3.63, 3.8) is 0 Å². The van der Waals surface area contributed by atoms with Crippen LogP contribution >= 0.6 is 0 Å². The number of nitrogens with zero attached hydrogens (tertiary/aromatic N) is 1. The summed E-state index contributed by atoms with van der Waals surface area (Å²) in [5.74, 6) is 0. The molecule has 0 amide bonds. The zero-order valence-corrected chi connectivity index (χ0v) is 6.38. The topological polar surface area (TPSA) is 50.4 Å². The lowest BCUT2D eigenvalue weighted by atomic mass is 10.0. The van der Waals surface area contributed by atoms with E-state index < -0.39 is 0 Å². The fourth-order valence-corrected chi connectivity index (χ4v) is 1.36. The first-order valence-electron chi connectivity index (χ1n) is 3.79. The largest absolute Gasteiger partial charge is 0.390 e. The first-order valence-corrected chi connectivity index (χ1v) is 3.79. The van der Waals surface area contributed by atoms with E-state index in [1.165, 1.54) is 6.34 Å². The maximum Gasteiger partial charge on any atom is 0.0801 e. The minimum atomic E-state index is 0.459. The maximum absolute atomic E-state index is 5.19. The molecule has 0 aromatic carbocycles. The molecule has 0 spiro atoms. The number of aliphatic imine (C=N–C) groups is 1. The molecular weight excluding hydrogens is 126 g/mol. The van der Waals surface area contributed by atoms with Crippen LogP contribution in [0.4, 0.5) is 0 Å². The molecule has 0 radical (unpaired) electrons. The molecule has 0 unspecified atom stereocenters. The number of hydrogen-bond donors (Lipinski definition) is 2. The quantitative estimate of drug-likeness (QED) is 0.402. The van der Waals surface area contributed by atoms with Gasteiger partial charge in [-0.15, -0.1) is 0 Å². The van der Waals surface area contributed by atoms with E-state index in [0.717, 1.165) is 19.4 Å². The van der Waals surface area contributed by atoms with Crippen LogP contribution in [0, 0.1) is 0 Å². The van der Waals surface area contributed by atoms with Crippen LogP contribution < -0.4 is 11.1 Å². The summed E-state index contributed by atoms with van der Waals surface area (Å²) in [5.41, 5.74) is 5.19. The molecule has 2 atom stereocenters. The van der Waals surface area contributed by atoms with E-state index in [1.54, 1.807) is 0 Å². The van der Waals surface area contributed by atoms with E-state index in [9.17, 15) is 0 Å². The minimum absolute atomic E-state index is 0.459. The highest BCUT2D eigenvalue weighted by Gasteiger charge is 2.15. The van der Waals surface area contributed by atoms with Gasteiger partial charge in [0.05, 0.1) is 12.4 Å². The molecule has 0 aromatic rings. The Hall–Kier alpha value is -0.570. The van der Waals surface area contributed by atoms with Gasteiger partial charge in [0.2, 0.25) is 0 Å². The summed E-state index contributed by atoms with van der Waals surface area (Å²) in [6, 6.07) is 1.06. The van der Waals surface area contributed by atoms with Crippen LogP contribution in [0.3, 0.4) is 0 Å². The highest BCUT2D eigenvalue weighted by Crippen LogP contribution is 2.10. The second-order valence-electron chi connectivity index (χ2n) is 2.83. The molecule has 3 heteroatoms. The zero-order valence-electron chi connectivity index (χ0n) is 6.38. The molecule has 0 aliphatic carbocycles. The van der Waals surface area contributed by atoms with Crippen LogP contribution in [-0.2, 0) is 0 Å². The Morgan fingerprint density at radius 1 is 1.70 bits per heavy atom. The van der Waals surface area contributed by atoms with Crippen LogP contribution in [0.1, 0.15) is 19.8 Å². The fraction of sp³-hybridized carbons (Fsp3) is 0.857. The third kappa shape index (κ3) is 1.99. The average Bonchev–Trinajstić information content (AvgIpc) is 1.88. The molecule has 1 aliphatic heterocycles. The van der Waals surface area contributed by atoms with Crippen molar-refractivity contribution in [3.8, 4) is 0 Å². The van der Waals surface area contributed by atoms with E-state index in [-0.39, 0.29) is 0 Å². The first kappa shape index (κ1) is 7.54. The van der Waals surface area contributed by atoms with Crippen LogP contribution in [0.25, 0.3) is 0 Å².